The van der Waals surface area contributed by atoms with Crippen molar-refractivity contribution in [2.45, 2.75) is 19.8 Å². The maximum absolute atomic E-state index is 12.0. The van der Waals surface area contributed by atoms with Crippen LogP contribution in [0, 0.1) is 0 Å². The molecule has 22 heavy (non-hydrogen) atoms. The number of amides is 1. The average molecular weight is 335 g/mol. The summed E-state index contributed by atoms with van der Waals surface area (Å²) < 4.78 is 0. The van der Waals surface area contributed by atoms with E-state index in [0.717, 1.165) is 5.56 Å². The van der Waals surface area contributed by atoms with Gasteiger partial charge in [-0.3, -0.25) is 4.79 Å². The third-order valence-electron chi connectivity index (χ3n) is 3.16. The molecule has 2 aromatic rings. The van der Waals surface area contributed by atoms with Crippen molar-refractivity contribution in [3.8, 4) is 0 Å². The van der Waals surface area contributed by atoms with E-state index in [0.29, 0.717) is 21.5 Å². The zero-order chi connectivity index (χ0) is 16.1. The first-order valence-corrected chi connectivity index (χ1v) is 7.61. The molecule has 0 aliphatic rings. The molecule has 0 bridgehead atoms. The van der Waals surface area contributed by atoms with Gasteiger partial charge >= 0.3 is 0 Å². The van der Waals surface area contributed by atoms with Crippen LogP contribution in [0.1, 0.15) is 41.3 Å². The second-order valence-corrected chi connectivity index (χ2v) is 5.99. The lowest BCUT2D eigenvalue weighted by Gasteiger charge is -2.05. The largest absolute Gasteiger partial charge is 0.272 e. The number of hydrogen-bond donors (Lipinski definition) is 1. The average Bonchev–Trinajstić information content (AvgIpc) is 2.47. The minimum Gasteiger partial charge on any atom is -0.267 e. The van der Waals surface area contributed by atoms with Gasteiger partial charge in [0.25, 0.3) is 5.91 Å². The predicted octanol–water partition coefficient (Wildman–Crippen LogP) is 4.88. The summed E-state index contributed by atoms with van der Waals surface area (Å²) in [7, 11) is 0. The Morgan fingerprint density at radius 3 is 2.41 bits per heavy atom. The van der Waals surface area contributed by atoms with E-state index in [-0.39, 0.29) is 5.91 Å². The Balaban J connectivity index is 2.01. The Bertz CT molecular complexity index is 694. The van der Waals surface area contributed by atoms with E-state index in [2.05, 4.69) is 24.4 Å². The number of carbonyl (C=O) groups excluding carboxylic acids is 1. The lowest BCUT2D eigenvalue weighted by molar-refractivity contribution is 0.0955. The zero-order valence-electron chi connectivity index (χ0n) is 12.3. The number of hydrogen-bond acceptors (Lipinski definition) is 2. The normalized spacial score (nSPS) is 11.1. The molecule has 2 rings (SSSR count). The van der Waals surface area contributed by atoms with Crippen LogP contribution in [0.2, 0.25) is 10.0 Å². The number of nitrogens with zero attached hydrogens (tertiary/aromatic N) is 1. The van der Waals surface area contributed by atoms with Gasteiger partial charge in [0.15, 0.2) is 0 Å². The number of hydrazone groups is 1. The van der Waals surface area contributed by atoms with Crippen molar-refractivity contribution in [1.82, 2.24) is 5.43 Å². The third kappa shape index (κ3) is 4.33. The van der Waals surface area contributed by atoms with Gasteiger partial charge in [0.05, 0.1) is 16.8 Å². The number of halogens is 2. The van der Waals surface area contributed by atoms with Crippen molar-refractivity contribution >= 4 is 35.3 Å². The molecule has 0 fully saturated rings. The van der Waals surface area contributed by atoms with Crippen LogP contribution < -0.4 is 5.43 Å². The van der Waals surface area contributed by atoms with Gasteiger partial charge in [-0.15, -0.1) is 0 Å². The minimum atomic E-state index is -0.378. The highest BCUT2D eigenvalue weighted by Crippen LogP contribution is 2.20. The summed E-state index contributed by atoms with van der Waals surface area (Å²) in [6.07, 6.45) is 1.59. The van der Waals surface area contributed by atoms with E-state index < -0.39 is 0 Å². The fourth-order valence-corrected chi connectivity index (χ4v) is 2.36. The maximum atomic E-state index is 12.0. The van der Waals surface area contributed by atoms with Crippen molar-refractivity contribution in [1.29, 1.82) is 0 Å². The van der Waals surface area contributed by atoms with Gasteiger partial charge in [0, 0.05) is 5.02 Å². The molecule has 0 heterocycles. The second-order valence-electron chi connectivity index (χ2n) is 5.14. The molecule has 0 radical (unpaired) electrons. The van der Waals surface area contributed by atoms with Gasteiger partial charge in [-0.2, -0.15) is 5.10 Å². The molecule has 1 amide bonds. The summed E-state index contributed by atoms with van der Waals surface area (Å²) in [5, 5.41) is 4.71. The van der Waals surface area contributed by atoms with Gasteiger partial charge in [-0.05, 0) is 35.2 Å². The van der Waals surface area contributed by atoms with Crippen LogP contribution in [0.25, 0.3) is 0 Å². The van der Waals surface area contributed by atoms with Crippen LogP contribution in [0.5, 0.6) is 0 Å². The van der Waals surface area contributed by atoms with Crippen LogP contribution in [0.15, 0.2) is 47.6 Å². The molecule has 0 atom stereocenters. The van der Waals surface area contributed by atoms with E-state index in [1.165, 1.54) is 11.6 Å². The van der Waals surface area contributed by atoms with Crippen LogP contribution in [-0.2, 0) is 0 Å². The molecule has 0 aliphatic carbocycles. The van der Waals surface area contributed by atoms with Crippen molar-refractivity contribution in [2.24, 2.45) is 5.10 Å². The Morgan fingerprint density at radius 1 is 1.14 bits per heavy atom. The van der Waals surface area contributed by atoms with Gasteiger partial charge in [-0.1, -0.05) is 61.3 Å². The van der Waals surface area contributed by atoms with Crippen molar-refractivity contribution in [3.63, 3.8) is 0 Å². The molecule has 0 aromatic heterocycles. The van der Waals surface area contributed by atoms with Crippen LogP contribution in [0.4, 0.5) is 0 Å². The second kappa shape index (κ2) is 7.43. The molecule has 2 aromatic carbocycles. The van der Waals surface area contributed by atoms with E-state index in [9.17, 15) is 4.79 Å². The van der Waals surface area contributed by atoms with E-state index in [1.54, 1.807) is 18.3 Å². The van der Waals surface area contributed by atoms with Crippen molar-refractivity contribution in [3.05, 3.63) is 69.2 Å². The summed E-state index contributed by atoms with van der Waals surface area (Å²) in [5.41, 5.74) is 4.95. The summed E-state index contributed by atoms with van der Waals surface area (Å²) in [5.74, 6) is 0.106. The van der Waals surface area contributed by atoms with E-state index in [1.807, 2.05) is 24.3 Å². The Morgan fingerprint density at radius 2 is 1.82 bits per heavy atom. The molecule has 114 valence electrons. The quantitative estimate of drug-likeness (QED) is 0.628. The van der Waals surface area contributed by atoms with Gasteiger partial charge in [0.1, 0.15) is 0 Å². The Labute approximate surface area is 139 Å². The van der Waals surface area contributed by atoms with Crippen LogP contribution in [0.3, 0.4) is 0 Å². The molecule has 0 saturated heterocycles. The minimum absolute atomic E-state index is 0.293. The molecule has 0 saturated carbocycles. The predicted molar refractivity (Wildman–Crippen MR) is 92.1 cm³/mol. The first kappa shape index (κ1) is 16.5. The third-order valence-corrected chi connectivity index (χ3v) is 3.71. The Kier molecular flexibility index (Phi) is 5.58. The SMILES string of the molecule is CC(C)c1ccc(C=NNC(=O)c2ccc(Cl)cc2Cl)cc1. The molecular formula is C17H16Cl2N2O. The lowest BCUT2D eigenvalue weighted by Crippen LogP contribution is -2.18. The molecule has 0 aliphatic heterocycles. The summed E-state index contributed by atoms with van der Waals surface area (Å²) in [6.45, 7) is 4.28. The Hall–Kier alpha value is -1.84. The highest BCUT2D eigenvalue weighted by molar-refractivity contribution is 6.36. The van der Waals surface area contributed by atoms with Gasteiger partial charge in [0.2, 0.25) is 0 Å². The number of rotatable bonds is 4. The van der Waals surface area contributed by atoms with Crippen molar-refractivity contribution in [2.75, 3.05) is 0 Å². The van der Waals surface area contributed by atoms with E-state index >= 15 is 0 Å². The topological polar surface area (TPSA) is 41.5 Å². The molecule has 0 unspecified atom stereocenters. The monoisotopic (exact) mass is 334 g/mol. The molecule has 0 spiro atoms. The molecule has 1 N–H and O–H groups in total. The van der Waals surface area contributed by atoms with Gasteiger partial charge < -0.3 is 0 Å². The van der Waals surface area contributed by atoms with E-state index in [4.69, 9.17) is 23.2 Å². The highest BCUT2D eigenvalue weighted by Gasteiger charge is 2.09. The standard InChI is InChI=1S/C17H16Cl2N2O/c1-11(2)13-5-3-12(4-6-13)10-20-21-17(22)15-8-7-14(18)9-16(15)19/h3-11H,1-2H3,(H,21,22). The molecule has 5 heteroatoms. The summed E-state index contributed by atoms with van der Waals surface area (Å²) in [6, 6.07) is 12.7. The molecular weight excluding hydrogens is 319 g/mol. The summed E-state index contributed by atoms with van der Waals surface area (Å²) >= 11 is 11.8. The van der Waals surface area contributed by atoms with Crippen molar-refractivity contribution < 1.29 is 4.79 Å². The van der Waals surface area contributed by atoms with Crippen LogP contribution in [-0.4, -0.2) is 12.1 Å². The number of nitrogens with one attached hydrogen (secondary N) is 1. The lowest BCUT2D eigenvalue weighted by atomic mass is 10.0. The number of carbonyl (C=O) groups is 1. The van der Waals surface area contributed by atoms with Crippen LogP contribution >= 0.6 is 23.2 Å². The van der Waals surface area contributed by atoms with Gasteiger partial charge in [-0.25, -0.2) is 5.43 Å². The zero-order valence-corrected chi connectivity index (χ0v) is 13.8. The summed E-state index contributed by atoms with van der Waals surface area (Å²) in [4.78, 5) is 12.0. The first-order chi connectivity index (χ1) is 10.5. The number of benzene rings is 2. The smallest absolute Gasteiger partial charge is 0.267 e. The first-order valence-electron chi connectivity index (χ1n) is 6.86. The highest BCUT2D eigenvalue weighted by atomic mass is 35.5. The molecule has 3 nitrogen and oxygen atoms in total. The maximum Gasteiger partial charge on any atom is 0.272 e. The fourth-order valence-electron chi connectivity index (χ4n) is 1.87. The fraction of sp³-hybridized carbons (Fsp3) is 0.176.